The van der Waals surface area contributed by atoms with Crippen molar-refractivity contribution in [2.75, 3.05) is 0 Å². The maximum atomic E-state index is 11.7. The second kappa shape index (κ2) is 6.08. The molecule has 9 nitrogen and oxygen atoms in total. The van der Waals surface area contributed by atoms with Gasteiger partial charge in [0.05, 0.1) is 6.10 Å². The van der Waals surface area contributed by atoms with Crippen LogP contribution in [0.4, 0.5) is 0 Å². The van der Waals surface area contributed by atoms with Gasteiger partial charge in [-0.3, -0.25) is 14.3 Å². The molecule has 1 saturated heterocycles. The molecular weight excluding hydrogens is 282 g/mol. The minimum Gasteiger partial charge on any atom is -0.390 e. The Morgan fingerprint density at radius 1 is 1.43 bits per heavy atom. The van der Waals surface area contributed by atoms with Gasteiger partial charge >= 0.3 is 5.69 Å². The van der Waals surface area contributed by atoms with Crippen LogP contribution >= 0.6 is 0 Å². The molecule has 1 aromatic rings. The topological polar surface area (TPSA) is 151 Å². The summed E-state index contributed by atoms with van der Waals surface area (Å²) in [5, 5.41) is 29.9. The van der Waals surface area contributed by atoms with Gasteiger partial charge < -0.3 is 25.8 Å². The molecule has 2 heterocycles. The lowest BCUT2D eigenvalue weighted by molar-refractivity contribution is -0.0887. The van der Waals surface area contributed by atoms with Gasteiger partial charge in [-0.1, -0.05) is 0 Å². The standard InChI is InChI=1S/C12H19N3O6/c1-5(13)4-6(16)10-8(18)9(19)11(21-10)15-3-2-7(17)14-12(15)20/h2-3,5-6,8-11,16,18-19H,4,13H2,1H3,(H,14,17,20)/t5?,6?,8-,9+,10+,11+/m0/s1. The number of nitrogens with zero attached hydrogens (tertiary/aromatic N) is 1. The first-order chi connectivity index (χ1) is 9.81. The molecule has 21 heavy (non-hydrogen) atoms. The third kappa shape index (κ3) is 3.22. The molecule has 6 N–H and O–H groups in total. The molecule has 0 spiro atoms. The number of nitrogens with one attached hydrogen (secondary N) is 1. The fourth-order valence-electron chi connectivity index (χ4n) is 2.38. The molecule has 1 fully saturated rings. The van der Waals surface area contributed by atoms with E-state index in [-0.39, 0.29) is 12.5 Å². The van der Waals surface area contributed by atoms with Crippen LogP contribution in [0, 0.1) is 0 Å². The third-order valence-electron chi connectivity index (χ3n) is 3.39. The Bertz CT molecular complexity index is 597. The molecule has 0 aromatic carbocycles. The summed E-state index contributed by atoms with van der Waals surface area (Å²) in [6, 6.07) is 0.776. The van der Waals surface area contributed by atoms with Crippen LogP contribution in [0.5, 0.6) is 0 Å². The van der Waals surface area contributed by atoms with Crippen LogP contribution in [0.15, 0.2) is 21.9 Å². The number of aromatic nitrogens is 2. The number of aromatic amines is 1. The molecule has 1 aromatic heterocycles. The second-order valence-corrected chi connectivity index (χ2v) is 5.27. The molecule has 1 aliphatic heterocycles. The van der Waals surface area contributed by atoms with E-state index in [4.69, 9.17) is 10.5 Å². The fraction of sp³-hybridized carbons (Fsp3) is 0.667. The van der Waals surface area contributed by atoms with E-state index >= 15 is 0 Å². The molecule has 0 aliphatic carbocycles. The smallest absolute Gasteiger partial charge is 0.330 e. The zero-order valence-corrected chi connectivity index (χ0v) is 11.4. The molecule has 0 radical (unpaired) electrons. The normalized spacial score (nSPS) is 32.0. The van der Waals surface area contributed by atoms with Crippen molar-refractivity contribution in [3.8, 4) is 0 Å². The SMILES string of the molecule is CC(N)CC(O)[C@H]1O[C@@H](n2ccc(=O)[nH]c2=O)[C@H](O)[C@@H]1O. The lowest BCUT2D eigenvalue weighted by Gasteiger charge is -2.22. The maximum Gasteiger partial charge on any atom is 0.330 e. The quantitative estimate of drug-likeness (QED) is 0.404. The van der Waals surface area contributed by atoms with Crippen molar-refractivity contribution >= 4 is 0 Å². The highest BCUT2D eigenvalue weighted by atomic mass is 16.6. The number of hydrogen-bond donors (Lipinski definition) is 5. The molecule has 0 bridgehead atoms. The Labute approximate surface area is 119 Å². The van der Waals surface area contributed by atoms with E-state index in [9.17, 15) is 24.9 Å². The summed E-state index contributed by atoms with van der Waals surface area (Å²) in [6.45, 7) is 1.69. The van der Waals surface area contributed by atoms with E-state index in [0.717, 1.165) is 16.8 Å². The minimum atomic E-state index is -1.42. The predicted octanol–water partition coefficient (Wildman–Crippen LogP) is -2.75. The summed E-state index contributed by atoms with van der Waals surface area (Å²) in [7, 11) is 0. The molecule has 9 heteroatoms. The van der Waals surface area contributed by atoms with Crippen molar-refractivity contribution < 1.29 is 20.1 Å². The van der Waals surface area contributed by atoms with Crippen LogP contribution < -0.4 is 17.0 Å². The number of hydrogen-bond acceptors (Lipinski definition) is 7. The Kier molecular flexibility index (Phi) is 4.59. The van der Waals surface area contributed by atoms with E-state index in [1.807, 2.05) is 4.98 Å². The van der Waals surface area contributed by atoms with Gasteiger partial charge in [0.2, 0.25) is 0 Å². The lowest BCUT2D eigenvalue weighted by atomic mass is 10.0. The van der Waals surface area contributed by atoms with Crippen molar-refractivity contribution in [2.24, 2.45) is 5.73 Å². The van der Waals surface area contributed by atoms with Gasteiger partial charge in [-0.05, 0) is 13.3 Å². The van der Waals surface area contributed by atoms with Gasteiger partial charge in [0.25, 0.3) is 5.56 Å². The Morgan fingerprint density at radius 3 is 2.67 bits per heavy atom. The fourth-order valence-corrected chi connectivity index (χ4v) is 2.38. The van der Waals surface area contributed by atoms with Crippen molar-refractivity contribution in [3.05, 3.63) is 33.1 Å². The number of ether oxygens (including phenoxy) is 1. The first-order valence-corrected chi connectivity index (χ1v) is 6.58. The first kappa shape index (κ1) is 15.9. The molecule has 0 amide bonds. The van der Waals surface area contributed by atoms with Crippen LogP contribution in [-0.2, 0) is 4.74 Å². The Morgan fingerprint density at radius 2 is 2.10 bits per heavy atom. The lowest BCUT2D eigenvalue weighted by Crippen LogP contribution is -2.41. The summed E-state index contributed by atoms with van der Waals surface area (Å²) in [6.07, 6.45) is -4.82. The Balaban J connectivity index is 2.23. The highest BCUT2D eigenvalue weighted by molar-refractivity contribution is 4.95. The summed E-state index contributed by atoms with van der Waals surface area (Å²) in [5.74, 6) is 0. The van der Waals surface area contributed by atoms with Gasteiger partial charge in [-0.15, -0.1) is 0 Å². The largest absolute Gasteiger partial charge is 0.390 e. The van der Waals surface area contributed by atoms with E-state index in [0.29, 0.717) is 0 Å². The number of aliphatic hydroxyl groups excluding tert-OH is 3. The van der Waals surface area contributed by atoms with Gasteiger partial charge in [-0.2, -0.15) is 0 Å². The predicted molar refractivity (Wildman–Crippen MR) is 71.5 cm³/mol. The third-order valence-corrected chi connectivity index (χ3v) is 3.39. The van der Waals surface area contributed by atoms with E-state index in [1.54, 1.807) is 6.92 Å². The zero-order chi connectivity index (χ0) is 15.7. The van der Waals surface area contributed by atoms with Crippen molar-refractivity contribution in [1.82, 2.24) is 9.55 Å². The van der Waals surface area contributed by atoms with Crippen molar-refractivity contribution in [3.63, 3.8) is 0 Å². The summed E-state index contributed by atoms with van der Waals surface area (Å²) < 4.78 is 6.34. The molecule has 2 unspecified atom stereocenters. The van der Waals surface area contributed by atoms with Crippen LogP contribution in [0.2, 0.25) is 0 Å². The van der Waals surface area contributed by atoms with Gasteiger partial charge in [-0.25, -0.2) is 4.79 Å². The molecule has 6 atom stereocenters. The number of rotatable bonds is 4. The minimum absolute atomic E-state index is 0.168. The number of H-pyrrole nitrogens is 1. The molecule has 0 saturated carbocycles. The van der Waals surface area contributed by atoms with Gasteiger partial charge in [0.1, 0.15) is 18.3 Å². The molecular formula is C12H19N3O6. The molecule has 118 valence electrons. The monoisotopic (exact) mass is 301 g/mol. The summed E-state index contributed by atoms with van der Waals surface area (Å²) in [4.78, 5) is 24.7. The summed E-state index contributed by atoms with van der Waals surface area (Å²) in [5.41, 5.74) is 4.21. The van der Waals surface area contributed by atoms with E-state index in [1.165, 1.54) is 0 Å². The van der Waals surface area contributed by atoms with Crippen LogP contribution in [0.1, 0.15) is 19.6 Å². The van der Waals surface area contributed by atoms with Gasteiger partial charge in [0.15, 0.2) is 6.23 Å². The van der Waals surface area contributed by atoms with Crippen LogP contribution in [-0.4, -0.2) is 55.3 Å². The van der Waals surface area contributed by atoms with Gasteiger partial charge in [0, 0.05) is 18.3 Å². The highest BCUT2D eigenvalue weighted by Gasteiger charge is 2.47. The van der Waals surface area contributed by atoms with Crippen LogP contribution in [0.3, 0.4) is 0 Å². The molecule has 2 rings (SSSR count). The van der Waals surface area contributed by atoms with Crippen LogP contribution in [0.25, 0.3) is 0 Å². The maximum absolute atomic E-state index is 11.7. The second-order valence-electron chi connectivity index (χ2n) is 5.27. The molecule has 1 aliphatic rings. The number of nitrogens with two attached hydrogens (primary N) is 1. The van der Waals surface area contributed by atoms with Crippen molar-refractivity contribution in [2.45, 2.75) is 50.0 Å². The first-order valence-electron chi connectivity index (χ1n) is 6.58. The summed E-state index contributed by atoms with van der Waals surface area (Å²) >= 11 is 0. The highest BCUT2D eigenvalue weighted by Crippen LogP contribution is 2.30. The average molecular weight is 301 g/mol. The van der Waals surface area contributed by atoms with E-state index < -0.39 is 41.9 Å². The zero-order valence-electron chi connectivity index (χ0n) is 11.4. The number of aliphatic hydroxyl groups is 3. The van der Waals surface area contributed by atoms with E-state index in [2.05, 4.69) is 0 Å². The Hall–Kier alpha value is -1.52. The van der Waals surface area contributed by atoms with Crippen molar-refractivity contribution in [1.29, 1.82) is 0 Å². The average Bonchev–Trinajstić information content (AvgIpc) is 2.66.